The van der Waals surface area contributed by atoms with E-state index in [9.17, 15) is 4.79 Å². The van der Waals surface area contributed by atoms with E-state index in [1.807, 2.05) is 20.8 Å². The van der Waals surface area contributed by atoms with Gasteiger partial charge < -0.3 is 20.1 Å². The molecule has 0 radical (unpaired) electrons. The fraction of sp³-hybridized carbons (Fsp3) is 0.833. The topological polar surface area (TPSA) is 72.0 Å². The van der Waals surface area contributed by atoms with Gasteiger partial charge in [-0.05, 0) is 20.8 Å². The molecule has 18 heavy (non-hydrogen) atoms. The fourth-order valence-electron chi connectivity index (χ4n) is 1.20. The maximum atomic E-state index is 11.3. The SMILES string of the molecule is CCNC(=NCCOC)NCCC(=O)OC(C)C. The number of esters is 1. The lowest BCUT2D eigenvalue weighted by Gasteiger charge is -2.11. The van der Waals surface area contributed by atoms with Crippen LogP contribution in [0.4, 0.5) is 0 Å². The van der Waals surface area contributed by atoms with Gasteiger partial charge in [0.2, 0.25) is 0 Å². The highest BCUT2D eigenvalue weighted by Crippen LogP contribution is 1.92. The van der Waals surface area contributed by atoms with Crippen molar-refractivity contribution in [2.24, 2.45) is 4.99 Å². The van der Waals surface area contributed by atoms with Crippen molar-refractivity contribution < 1.29 is 14.3 Å². The van der Waals surface area contributed by atoms with Crippen LogP contribution in [-0.4, -0.2) is 51.4 Å². The number of hydrogen-bond donors (Lipinski definition) is 2. The lowest BCUT2D eigenvalue weighted by Crippen LogP contribution is -2.38. The summed E-state index contributed by atoms with van der Waals surface area (Å²) >= 11 is 0. The number of nitrogens with one attached hydrogen (secondary N) is 2. The predicted octanol–water partition coefficient (Wildman–Crippen LogP) is 0.530. The quantitative estimate of drug-likeness (QED) is 0.288. The van der Waals surface area contributed by atoms with Gasteiger partial charge in [-0.25, -0.2) is 0 Å². The van der Waals surface area contributed by atoms with Crippen molar-refractivity contribution in [3.8, 4) is 0 Å². The Morgan fingerprint density at radius 2 is 2.06 bits per heavy atom. The molecule has 0 atom stereocenters. The number of ether oxygens (including phenoxy) is 2. The van der Waals surface area contributed by atoms with E-state index in [0.29, 0.717) is 32.1 Å². The van der Waals surface area contributed by atoms with Gasteiger partial charge in [0.25, 0.3) is 0 Å². The number of aliphatic imine (C=N–C) groups is 1. The number of hydrogen-bond acceptors (Lipinski definition) is 4. The van der Waals surface area contributed by atoms with Gasteiger partial charge in [-0.3, -0.25) is 9.79 Å². The van der Waals surface area contributed by atoms with Gasteiger partial charge in [0.05, 0.1) is 25.7 Å². The minimum absolute atomic E-state index is 0.0684. The number of nitrogens with zero attached hydrogens (tertiary/aromatic N) is 1. The van der Waals surface area contributed by atoms with E-state index >= 15 is 0 Å². The summed E-state index contributed by atoms with van der Waals surface area (Å²) in [6.45, 7) is 8.09. The minimum Gasteiger partial charge on any atom is -0.463 e. The molecule has 0 unspecified atom stereocenters. The van der Waals surface area contributed by atoms with Crippen molar-refractivity contribution in [2.75, 3.05) is 33.4 Å². The smallest absolute Gasteiger partial charge is 0.307 e. The molecule has 0 aromatic heterocycles. The van der Waals surface area contributed by atoms with E-state index in [-0.39, 0.29) is 12.1 Å². The zero-order chi connectivity index (χ0) is 13.8. The van der Waals surface area contributed by atoms with Crippen LogP contribution in [0.15, 0.2) is 4.99 Å². The number of methoxy groups -OCH3 is 1. The third-order valence-corrected chi connectivity index (χ3v) is 1.90. The van der Waals surface area contributed by atoms with Crippen molar-refractivity contribution >= 4 is 11.9 Å². The summed E-state index contributed by atoms with van der Waals surface area (Å²) in [6.07, 6.45) is 0.258. The Bertz CT molecular complexity index is 255. The van der Waals surface area contributed by atoms with E-state index < -0.39 is 0 Å². The zero-order valence-corrected chi connectivity index (χ0v) is 11.8. The summed E-state index contributed by atoms with van der Waals surface area (Å²) < 4.78 is 9.95. The van der Waals surface area contributed by atoms with E-state index in [1.54, 1.807) is 7.11 Å². The molecule has 0 heterocycles. The second-order valence-corrected chi connectivity index (χ2v) is 3.97. The molecule has 0 aliphatic heterocycles. The molecule has 0 aliphatic rings. The third-order valence-electron chi connectivity index (χ3n) is 1.90. The number of guanidine groups is 1. The van der Waals surface area contributed by atoms with Gasteiger partial charge >= 0.3 is 5.97 Å². The molecule has 0 aliphatic carbocycles. The van der Waals surface area contributed by atoms with E-state index in [0.717, 1.165) is 6.54 Å². The van der Waals surface area contributed by atoms with Gasteiger partial charge in [-0.1, -0.05) is 0 Å². The minimum atomic E-state index is -0.203. The highest BCUT2D eigenvalue weighted by molar-refractivity contribution is 5.80. The van der Waals surface area contributed by atoms with Crippen LogP contribution < -0.4 is 10.6 Å². The van der Waals surface area contributed by atoms with Crippen molar-refractivity contribution in [3.63, 3.8) is 0 Å². The normalized spacial score (nSPS) is 11.5. The molecule has 0 bridgehead atoms. The average molecular weight is 259 g/mol. The van der Waals surface area contributed by atoms with Crippen molar-refractivity contribution in [2.45, 2.75) is 33.3 Å². The summed E-state index contributed by atoms with van der Waals surface area (Å²) in [5.74, 6) is 0.483. The van der Waals surface area contributed by atoms with Crippen LogP contribution >= 0.6 is 0 Å². The summed E-state index contributed by atoms with van der Waals surface area (Å²) in [5.41, 5.74) is 0. The predicted molar refractivity (Wildman–Crippen MR) is 71.7 cm³/mol. The summed E-state index contributed by atoms with van der Waals surface area (Å²) in [6, 6.07) is 0. The second-order valence-electron chi connectivity index (χ2n) is 3.97. The molecule has 0 amide bonds. The van der Waals surface area contributed by atoms with Gasteiger partial charge in [-0.15, -0.1) is 0 Å². The van der Waals surface area contributed by atoms with Crippen LogP contribution in [-0.2, 0) is 14.3 Å². The Labute approximate surface area is 109 Å². The molecule has 0 rings (SSSR count). The first-order chi connectivity index (χ1) is 8.60. The Morgan fingerprint density at radius 1 is 1.33 bits per heavy atom. The molecule has 0 spiro atoms. The molecule has 0 aromatic rings. The molecule has 0 saturated carbocycles. The summed E-state index contributed by atoms with van der Waals surface area (Å²) in [4.78, 5) is 15.6. The third kappa shape index (κ3) is 9.89. The first kappa shape index (κ1) is 16.7. The maximum Gasteiger partial charge on any atom is 0.307 e. The molecule has 2 N–H and O–H groups in total. The Balaban J connectivity index is 3.88. The van der Waals surface area contributed by atoms with Crippen LogP contribution in [0.5, 0.6) is 0 Å². The summed E-state index contributed by atoms with van der Waals surface area (Å²) in [7, 11) is 1.64. The zero-order valence-electron chi connectivity index (χ0n) is 11.8. The van der Waals surface area contributed by atoms with Crippen LogP contribution in [0.2, 0.25) is 0 Å². The van der Waals surface area contributed by atoms with Gasteiger partial charge in [0.1, 0.15) is 0 Å². The van der Waals surface area contributed by atoms with Gasteiger partial charge in [0.15, 0.2) is 5.96 Å². The fourth-order valence-corrected chi connectivity index (χ4v) is 1.20. The lowest BCUT2D eigenvalue weighted by molar-refractivity contribution is -0.147. The standard InChI is InChI=1S/C12H25N3O3/c1-5-13-12(15-8-9-17-4)14-7-6-11(16)18-10(2)3/h10H,5-9H2,1-4H3,(H2,13,14,15). The van der Waals surface area contributed by atoms with Crippen molar-refractivity contribution in [1.29, 1.82) is 0 Å². The first-order valence-electron chi connectivity index (χ1n) is 6.30. The van der Waals surface area contributed by atoms with Gasteiger partial charge in [-0.2, -0.15) is 0 Å². The van der Waals surface area contributed by atoms with Crippen molar-refractivity contribution in [3.05, 3.63) is 0 Å². The average Bonchev–Trinajstić information content (AvgIpc) is 2.28. The number of rotatable bonds is 8. The Morgan fingerprint density at radius 3 is 2.61 bits per heavy atom. The van der Waals surface area contributed by atoms with Crippen LogP contribution in [0.3, 0.4) is 0 Å². The summed E-state index contributed by atoms with van der Waals surface area (Å²) in [5, 5.41) is 6.15. The molecule has 0 saturated heterocycles. The highest BCUT2D eigenvalue weighted by Gasteiger charge is 2.05. The second kappa shape index (κ2) is 10.8. The Hall–Kier alpha value is -1.30. The van der Waals surface area contributed by atoms with Crippen LogP contribution in [0.25, 0.3) is 0 Å². The Kier molecular flexibility index (Phi) is 10.0. The van der Waals surface area contributed by atoms with Crippen LogP contribution in [0.1, 0.15) is 27.2 Å². The lowest BCUT2D eigenvalue weighted by atomic mass is 10.4. The molecule has 0 fully saturated rings. The van der Waals surface area contributed by atoms with Crippen LogP contribution in [0, 0.1) is 0 Å². The molecular formula is C12H25N3O3. The van der Waals surface area contributed by atoms with E-state index in [2.05, 4.69) is 15.6 Å². The largest absolute Gasteiger partial charge is 0.463 e. The van der Waals surface area contributed by atoms with Crippen molar-refractivity contribution in [1.82, 2.24) is 10.6 Å². The van der Waals surface area contributed by atoms with E-state index in [4.69, 9.17) is 9.47 Å². The monoisotopic (exact) mass is 259 g/mol. The maximum absolute atomic E-state index is 11.3. The molecular weight excluding hydrogens is 234 g/mol. The molecule has 0 aromatic carbocycles. The first-order valence-corrected chi connectivity index (χ1v) is 6.30. The highest BCUT2D eigenvalue weighted by atomic mass is 16.5. The molecule has 106 valence electrons. The van der Waals surface area contributed by atoms with E-state index in [1.165, 1.54) is 0 Å². The number of carbonyl (C=O) groups is 1. The molecule has 6 nitrogen and oxygen atoms in total. The molecule has 6 heteroatoms. The van der Waals surface area contributed by atoms with Gasteiger partial charge in [0, 0.05) is 20.2 Å². The number of carbonyl (C=O) groups excluding carboxylic acids is 1.